The van der Waals surface area contributed by atoms with Crippen LogP contribution in [0.1, 0.15) is 12.0 Å². The van der Waals surface area contributed by atoms with Crippen LogP contribution in [0.3, 0.4) is 0 Å². The molecule has 1 aliphatic rings. The van der Waals surface area contributed by atoms with Crippen LogP contribution in [0.25, 0.3) is 10.2 Å². The topological polar surface area (TPSA) is 94.7 Å². The average Bonchev–Trinajstić information content (AvgIpc) is 3.16. The molecule has 0 saturated carbocycles. The van der Waals surface area contributed by atoms with Crippen molar-refractivity contribution in [2.24, 2.45) is 7.05 Å². The molecule has 26 heavy (non-hydrogen) atoms. The molecule has 8 nitrogen and oxygen atoms in total. The molecule has 9 heteroatoms. The van der Waals surface area contributed by atoms with E-state index in [4.69, 9.17) is 10.2 Å². The Morgan fingerprint density at radius 1 is 1.12 bits per heavy atom. The van der Waals surface area contributed by atoms with Gasteiger partial charge in [-0.2, -0.15) is 4.98 Å². The zero-order valence-corrected chi connectivity index (χ0v) is 15.1. The summed E-state index contributed by atoms with van der Waals surface area (Å²) in [5.74, 6) is 0.692. The Morgan fingerprint density at radius 3 is 2.50 bits per heavy atom. The van der Waals surface area contributed by atoms with E-state index in [9.17, 15) is 4.79 Å². The Balaban J connectivity index is 1.52. The van der Waals surface area contributed by atoms with Crippen LogP contribution in [0.4, 0.5) is 11.6 Å². The number of nitrogens with zero attached hydrogens (tertiary/aromatic N) is 5. The lowest BCUT2D eigenvalue weighted by atomic mass is 10.2. The summed E-state index contributed by atoms with van der Waals surface area (Å²) >= 11 is 1.42. The minimum Gasteiger partial charge on any atom is -0.367 e. The van der Waals surface area contributed by atoms with E-state index in [0.717, 1.165) is 37.4 Å². The smallest absolute Gasteiger partial charge is 0.292 e. The van der Waals surface area contributed by atoms with Gasteiger partial charge in [-0.25, -0.2) is 0 Å². The monoisotopic (exact) mass is 373 g/mol. The molecule has 3 aromatic rings. The number of hydrogen-bond donors (Lipinski definition) is 2. The van der Waals surface area contributed by atoms with Crippen molar-refractivity contribution < 1.29 is 10.2 Å². The van der Waals surface area contributed by atoms with Crippen molar-refractivity contribution >= 4 is 33.2 Å². The van der Waals surface area contributed by atoms with E-state index >= 15 is 0 Å². The van der Waals surface area contributed by atoms with E-state index < -0.39 is 6.29 Å². The van der Waals surface area contributed by atoms with Crippen molar-refractivity contribution in [1.29, 1.82) is 0 Å². The summed E-state index contributed by atoms with van der Waals surface area (Å²) in [5, 5.41) is 20.2. The maximum absolute atomic E-state index is 12.2. The van der Waals surface area contributed by atoms with Crippen molar-refractivity contribution in [2.45, 2.75) is 6.29 Å². The average molecular weight is 373 g/mol. The number of aryl methyl sites for hydroxylation is 1. The molecule has 4 rings (SSSR count). The van der Waals surface area contributed by atoms with Gasteiger partial charge in [0, 0.05) is 33.2 Å². The summed E-state index contributed by atoms with van der Waals surface area (Å²) < 4.78 is 2.66. The molecule has 0 atom stereocenters. The first-order valence-electron chi connectivity index (χ1n) is 8.31. The number of hydrogen-bond acceptors (Lipinski definition) is 8. The number of rotatable bonds is 3. The lowest BCUT2D eigenvalue weighted by Crippen LogP contribution is -2.48. The highest BCUT2D eigenvalue weighted by Crippen LogP contribution is 2.23. The van der Waals surface area contributed by atoms with E-state index in [-0.39, 0.29) is 11.3 Å². The summed E-state index contributed by atoms with van der Waals surface area (Å²) in [4.78, 5) is 24.9. The van der Waals surface area contributed by atoms with Crippen LogP contribution in [0.5, 0.6) is 0 Å². The number of anilines is 2. The molecule has 0 aromatic carbocycles. The number of piperazine rings is 1. The first-order chi connectivity index (χ1) is 12.5. The first-order valence-corrected chi connectivity index (χ1v) is 9.19. The predicted octanol–water partition coefficient (Wildman–Crippen LogP) is 0.700. The molecule has 136 valence electrons. The molecule has 0 bridgehead atoms. The zero-order chi connectivity index (χ0) is 18.3. The summed E-state index contributed by atoms with van der Waals surface area (Å²) in [6.45, 7) is 3.00. The van der Waals surface area contributed by atoms with Crippen molar-refractivity contribution in [2.75, 3.05) is 36.0 Å². The largest absolute Gasteiger partial charge is 0.367 e. The van der Waals surface area contributed by atoms with Gasteiger partial charge < -0.3 is 24.6 Å². The van der Waals surface area contributed by atoms with Crippen LogP contribution in [0.2, 0.25) is 0 Å². The highest BCUT2D eigenvalue weighted by molar-refractivity contribution is 7.17. The van der Waals surface area contributed by atoms with Crippen LogP contribution in [0.15, 0.2) is 34.6 Å². The fourth-order valence-corrected chi connectivity index (χ4v) is 4.04. The summed E-state index contributed by atoms with van der Waals surface area (Å²) in [6, 6.07) is 5.40. The van der Waals surface area contributed by atoms with Gasteiger partial charge in [-0.05, 0) is 23.6 Å². The second-order valence-electron chi connectivity index (χ2n) is 6.20. The van der Waals surface area contributed by atoms with Gasteiger partial charge >= 0.3 is 0 Å². The van der Waals surface area contributed by atoms with Crippen molar-refractivity contribution in [3.8, 4) is 0 Å². The normalized spacial score (nSPS) is 15.2. The molecular weight excluding hydrogens is 354 g/mol. The Morgan fingerprint density at radius 2 is 1.85 bits per heavy atom. The van der Waals surface area contributed by atoms with Gasteiger partial charge in [0.05, 0.1) is 23.1 Å². The standard InChI is InChI=1S/C17H19N5O3S/c1-20-13-4-9-26-14(13)15(23)19-17(20)22-7-5-21(6-8-22)11-2-3-12(16(24)25)18-10-11/h2-4,9-10,16,24-25H,5-8H2,1H3. The molecule has 0 unspecified atom stereocenters. The van der Waals surface area contributed by atoms with Crippen molar-refractivity contribution in [1.82, 2.24) is 14.5 Å². The third-order valence-corrected chi connectivity index (χ3v) is 5.56. The second kappa shape index (κ2) is 6.67. The minimum atomic E-state index is -1.56. The van der Waals surface area contributed by atoms with Gasteiger partial charge in [-0.3, -0.25) is 9.78 Å². The fraction of sp³-hybridized carbons (Fsp3) is 0.353. The molecule has 0 radical (unpaired) electrons. The quantitative estimate of drug-likeness (QED) is 0.653. The molecule has 3 aromatic heterocycles. The minimum absolute atomic E-state index is 0.173. The van der Waals surface area contributed by atoms with Gasteiger partial charge in [0.25, 0.3) is 5.56 Å². The molecule has 2 N–H and O–H groups in total. The van der Waals surface area contributed by atoms with Gasteiger partial charge in [-0.15, -0.1) is 11.3 Å². The van der Waals surface area contributed by atoms with Gasteiger partial charge in [-0.1, -0.05) is 0 Å². The number of pyridine rings is 1. The van der Waals surface area contributed by atoms with Gasteiger partial charge in [0.1, 0.15) is 4.70 Å². The van der Waals surface area contributed by atoms with Gasteiger partial charge in [0.15, 0.2) is 6.29 Å². The maximum atomic E-state index is 12.2. The Kier molecular flexibility index (Phi) is 4.35. The van der Waals surface area contributed by atoms with Crippen molar-refractivity contribution in [3.05, 3.63) is 45.8 Å². The zero-order valence-electron chi connectivity index (χ0n) is 14.2. The lowest BCUT2D eigenvalue weighted by molar-refractivity contribution is -0.0458. The third-order valence-electron chi connectivity index (χ3n) is 4.66. The van der Waals surface area contributed by atoms with Crippen LogP contribution >= 0.6 is 11.3 Å². The second-order valence-corrected chi connectivity index (χ2v) is 7.12. The Bertz CT molecular complexity index is 974. The SMILES string of the molecule is Cn1c(N2CCN(c3ccc(C(O)O)nc3)CC2)nc(=O)c2sccc21. The molecule has 0 aliphatic carbocycles. The summed E-state index contributed by atoms with van der Waals surface area (Å²) in [6.07, 6.45) is 0.0934. The summed E-state index contributed by atoms with van der Waals surface area (Å²) in [7, 11) is 1.94. The van der Waals surface area contributed by atoms with E-state index in [1.165, 1.54) is 11.3 Å². The van der Waals surface area contributed by atoms with Crippen molar-refractivity contribution in [3.63, 3.8) is 0 Å². The molecule has 0 spiro atoms. The van der Waals surface area contributed by atoms with E-state index in [2.05, 4.69) is 19.8 Å². The fourth-order valence-electron chi connectivity index (χ4n) is 3.24. The Labute approximate surface area is 153 Å². The number of aromatic nitrogens is 3. The highest BCUT2D eigenvalue weighted by Gasteiger charge is 2.22. The van der Waals surface area contributed by atoms with E-state index in [0.29, 0.717) is 10.6 Å². The van der Waals surface area contributed by atoms with Gasteiger partial charge in [0.2, 0.25) is 5.95 Å². The first kappa shape index (κ1) is 17.0. The number of thiophene rings is 1. The van der Waals surface area contributed by atoms with E-state index in [1.54, 1.807) is 12.3 Å². The van der Waals surface area contributed by atoms with Crippen LogP contribution in [-0.4, -0.2) is 50.9 Å². The molecule has 0 amide bonds. The van der Waals surface area contributed by atoms with E-state index in [1.807, 2.05) is 29.1 Å². The van der Waals surface area contributed by atoms with Crippen LogP contribution < -0.4 is 15.4 Å². The molecule has 1 aliphatic heterocycles. The molecular formula is C17H19N5O3S. The molecule has 4 heterocycles. The van der Waals surface area contributed by atoms with Crippen LogP contribution in [0, 0.1) is 0 Å². The number of aliphatic hydroxyl groups excluding tert-OH is 1. The highest BCUT2D eigenvalue weighted by atomic mass is 32.1. The Hall–Kier alpha value is -2.49. The summed E-state index contributed by atoms with van der Waals surface area (Å²) in [5.41, 5.74) is 1.91. The third kappa shape index (κ3) is 2.94. The number of fused-ring (bicyclic) bond motifs is 1. The maximum Gasteiger partial charge on any atom is 0.292 e. The predicted molar refractivity (Wildman–Crippen MR) is 101 cm³/mol. The molecule has 1 saturated heterocycles. The number of aliphatic hydroxyl groups is 2. The van der Waals surface area contributed by atoms with Crippen LogP contribution in [-0.2, 0) is 7.05 Å². The molecule has 1 fully saturated rings. The lowest BCUT2D eigenvalue weighted by Gasteiger charge is -2.37.